The van der Waals surface area contributed by atoms with E-state index in [1.807, 2.05) is 25.1 Å². The highest BCUT2D eigenvalue weighted by molar-refractivity contribution is 7.51. The molecule has 1 amide bonds. The summed E-state index contributed by atoms with van der Waals surface area (Å²) in [6.07, 6.45) is 2.12. The average molecular weight is 610 g/mol. The van der Waals surface area contributed by atoms with Crippen LogP contribution in [0.5, 0.6) is 5.75 Å². The number of carbonyl (C=O) groups excluding carboxylic acids is 1. The second kappa shape index (κ2) is 13.8. The minimum absolute atomic E-state index is 0.0458. The van der Waals surface area contributed by atoms with E-state index in [0.29, 0.717) is 24.6 Å². The first kappa shape index (κ1) is 31.0. The summed E-state index contributed by atoms with van der Waals surface area (Å²) in [5.74, 6) is 1.25. The van der Waals surface area contributed by atoms with E-state index in [4.69, 9.17) is 37.1 Å². The summed E-state index contributed by atoms with van der Waals surface area (Å²) >= 11 is 5.98. The zero-order valence-corrected chi connectivity index (χ0v) is 25.0. The third-order valence-corrected chi connectivity index (χ3v) is 8.74. The molecular weight excluding hydrogens is 573 g/mol. The van der Waals surface area contributed by atoms with E-state index in [1.54, 1.807) is 6.92 Å². The van der Waals surface area contributed by atoms with Crippen molar-refractivity contribution in [2.75, 3.05) is 44.1 Å². The zero-order chi connectivity index (χ0) is 29.6. The quantitative estimate of drug-likeness (QED) is 0.148. The molecule has 41 heavy (non-hydrogen) atoms. The first-order chi connectivity index (χ1) is 19.6. The Balaban J connectivity index is 1.59. The van der Waals surface area contributed by atoms with E-state index < -0.39 is 13.5 Å². The van der Waals surface area contributed by atoms with Crippen molar-refractivity contribution in [2.24, 2.45) is 5.92 Å². The van der Waals surface area contributed by atoms with Gasteiger partial charge in [0.25, 0.3) is 11.7 Å². The Kier molecular flexibility index (Phi) is 10.4. The van der Waals surface area contributed by atoms with E-state index in [9.17, 15) is 14.3 Å². The van der Waals surface area contributed by atoms with Crippen molar-refractivity contribution in [3.8, 4) is 5.75 Å². The fourth-order valence-electron chi connectivity index (χ4n) is 4.96. The fraction of sp³-hybridized carbons (Fsp3) is 0.538. The van der Waals surface area contributed by atoms with Crippen molar-refractivity contribution < 1.29 is 32.8 Å². The number of anilines is 2. The SMILES string of the molecule is CCOP(=O)([O-])CCCOc1ccc2c(c1)n(CC)c(CNC(=O)c1nc(Cl)c(N)nc1N)[n+]2CC1CCOCC1. The Morgan fingerprint density at radius 2 is 2.02 bits per heavy atom. The molecule has 5 N–H and O–H groups in total. The van der Waals surface area contributed by atoms with Gasteiger partial charge in [0.2, 0.25) is 0 Å². The number of nitrogens with two attached hydrogens (primary N) is 2. The molecular formula is C26H37ClN7O6P. The molecule has 1 atom stereocenters. The van der Waals surface area contributed by atoms with Gasteiger partial charge in [0.05, 0.1) is 26.3 Å². The Bertz CT molecular complexity index is 1430. The predicted octanol–water partition coefficient (Wildman–Crippen LogP) is 2.27. The Labute approximate surface area is 243 Å². The summed E-state index contributed by atoms with van der Waals surface area (Å²) < 4.78 is 32.4. The smallest absolute Gasteiger partial charge is 0.277 e. The molecule has 0 bridgehead atoms. The number of carbonyl (C=O) groups is 1. The summed E-state index contributed by atoms with van der Waals surface area (Å²) in [5, 5.41) is 2.82. The van der Waals surface area contributed by atoms with Gasteiger partial charge in [-0.05, 0) is 45.2 Å². The number of nitrogens with zero attached hydrogens (tertiary/aromatic N) is 4. The number of imidazole rings is 1. The summed E-state index contributed by atoms with van der Waals surface area (Å²) in [6, 6.07) is 5.80. The molecule has 0 saturated carbocycles. The van der Waals surface area contributed by atoms with Gasteiger partial charge in [-0.2, -0.15) is 0 Å². The largest absolute Gasteiger partial charge is 0.778 e. The fourth-order valence-corrected chi connectivity index (χ4v) is 6.12. The lowest BCUT2D eigenvalue weighted by molar-refractivity contribution is -0.687. The number of aromatic nitrogens is 4. The third-order valence-electron chi connectivity index (χ3n) is 6.95. The number of aryl methyl sites for hydroxylation is 1. The Hall–Kier alpha value is -2.96. The van der Waals surface area contributed by atoms with E-state index in [0.717, 1.165) is 49.5 Å². The molecule has 4 rings (SSSR count). The van der Waals surface area contributed by atoms with Crippen molar-refractivity contribution in [2.45, 2.75) is 52.7 Å². The first-order valence-electron chi connectivity index (χ1n) is 13.7. The lowest BCUT2D eigenvalue weighted by Gasteiger charge is -2.22. The minimum atomic E-state index is -3.84. The number of rotatable bonds is 13. The maximum atomic E-state index is 13.0. The van der Waals surface area contributed by atoms with Gasteiger partial charge < -0.3 is 40.2 Å². The number of nitrogens with one attached hydrogen (secondary N) is 1. The molecule has 2 aromatic heterocycles. The zero-order valence-electron chi connectivity index (χ0n) is 23.3. The van der Waals surface area contributed by atoms with E-state index in [-0.39, 0.29) is 48.4 Å². The molecule has 3 aromatic rings. The summed E-state index contributed by atoms with van der Waals surface area (Å²) in [4.78, 5) is 32.8. The number of hydrogen-bond acceptors (Lipinski definition) is 10. The maximum absolute atomic E-state index is 13.0. The van der Waals surface area contributed by atoms with Gasteiger partial charge in [0.15, 0.2) is 33.5 Å². The van der Waals surface area contributed by atoms with Crippen LogP contribution in [0.3, 0.4) is 0 Å². The highest BCUT2D eigenvalue weighted by Gasteiger charge is 2.29. The maximum Gasteiger partial charge on any atom is 0.277 e. The molecule has 13 nitrogen and oxygen atoms in total. The second-order valence-electron chi connectivity index (χ2n) is 9.75. The van der Waals surface area contributed by atoms with Gasteiger partial charge in [-0.25, -0.2) is 19.1 Å². The topological polar surface area (TPSA) is 184 Å². The van der Waals surface area contributed by atoms with E-state index in [1.165, 1.54) is 0 Å². The Morgan fingerprint density at radius 3 is 2.73 bits per heavy atom. The number of benzene rings is 1. The number of amides is 1. The number of hydrogen-bond donors (Lipinski definition) is 3. The number of ether oxygens (including phenoxy) is 2. The molecule has 1 aliphatic heterocycles. The molecule has 1 unspecified atom stereocenters. The van der Waals surface area contributed by atoms with Crippen molar-refractivity contribution in [3.63, 3.8) is 0 Å². The van der Waals surface area contributed by atoms with Crippen molar-refractivity contribution in [1.82, 2.24) is 19.9 Å². The normalized spacial score (nSPS) is 15.6. The van der Waals surface area contributed by atoms with Crippen LogP contribution in [0.4, 0.5) is 11.6 Å². The van der Waals surface area contributed by atoms with E-state index in [2.05, 4.69) is 24.4 Å². The van der Waals surface area contributed by atoms with Gasteiger partial charge in [-0.15, -0.1) is 0 Å². The monoisotopic (exact) mass is 609 g/mol. The number of fused-ring (bicyclic) bond motifs is 1. The first-order valence-corrected chi connectivity index (χ1v) is 15.8. The van der Waals surface area contributed by atoms with Crippen molar-refractivity contribution in [1.29, 1.82) is 0 Å². The van der Waals surface area contributed by atoms with Crippen LogP contribution in [0, 0.1) is 5.92 Å². The second-order valence-corrected chi connectivity index (χ2v) is 12.0. The molecule has 1 saturated heterocycles. The number of nitrogen functional groups attached to an aromatic ring is 2. The third kappa shape index (κ3) is 7.66. The molecule has 1 fully saturated rings. The molecule has 224 valence electrons. The highest BCUT2D eigenvalue weighted by Crippen LogP contribution is 2.37. The van der Waals surface area contributed by atoms with Crippen LogP contribution in [-0.4, -0.2) is 53.0 Å². The lowest BCUT2D eigenvalue weighted by atomic mass is 10.0. The van der Waals surface area contributed by atoms with Crippen molar-refractivity contribution in [3.05, 3.63) is 34.9 Å². The molecule has 15 heteroatoms. The number of halogens is 1. The average Bonchev–Trinajstić information content (AvgIpc) is 3.23. The van der Waals surface area contributed by atoms with Crippen LogP contribution < -0.4 is 31.0 Å². The summed E-state index contributed by atoms with van der Waals surface area (Å²) in [6.45, 7) is 7.05. The van der Waals surface area contributed by atoms with Crippen LogP contribution >= 0.6 is 19.2 Å². The summed E-state index contributed by atoms with van der Waals surface area (Å²) in [5.41, 5.74) is 13.4. The highest BCUT2D eigenvalue weighted by atomic mass is 35.5. The minimum Gasteiger partial charge on any atom is -0.778 e. The van der Waals surface area contributed by atoms with Crippen LogP contribution in [0.25, 0.3) is 11.0 Å². The summed E-state index contributed by atoms with van der Waals surface area (Å²) in [7, 11) is -3.84. The van der Waals surface area contributed by atoms with Crippen LogP contribution in [-0.2, 0) is 33.5 Å². The van der Waals surface area contributed by atoms with E-state index >= 15 is 0 Å². The lowest BCUT2D eigenvalue weighted by Crippen LogP contribution is -2.44. The molecule has 1 aromatic carbocycles. The van der Waals surface area contributed by atoms with Gasteiger partial charge in [0, 0.05) is 31.4 Å². The predicted molar refractivity (Wildman–Crippen MR) is 153 cm³/mol. The van der Waals surface area contributed by atoms with Crippen LogP contribution in [0.1, 0.15) is 49.4 Å². The molecule has 0 radical (unpaired) electrons. The molecule has 0 aliphatic carbocycles. The van der Waals surface area contributed by atoms with Crippen molar-refractivity contribution >= 4 is 47.8 Å². The van der Waals surface area contributed by atoms with Gasteiger partial charge in [-0.1, -0.05) is 11.6 Å². The van der Waals surface area contributed by atoms with Crippen LogP contribution in [0.2, 0.25) is 5.15 Å². The van der Waals surface area contributed by atoms with Gasteiger partial charge in [-0.3, -0.25) is 4.79 Å². The molecule has 1 aliphatic rings. The Morgan fingerprint density at radius 1 is 1.27 bits per heavy atom. The standard InChI is InChI=1S/C26H37ClN7O6P/c1-3-33-20-14-18(39-10-5-13-41(36,37)40-4-2)6-7-19(20)34(16-17-8-11-38-12-9-17)21(33)15-30-26(35)22-24(28)32-25(29)23(27)31-22/h6-7,14,17H,3-5,8-13,15-16H2,1-2H3,(H5-,28,29,30,32,35,36,37). The van der Waals surface area contributed by atoms with Gasteiger partial charge in [0.1, 0.15) is 19.9 Å². The van der Waals surface area contributed by atoms with Gasteiger partial charge >= 0.3 is 0 Å². The molecule has 3 heterocycles. The molecule has 0 spiro atoms. The van der Waals surface area contributed by atoms with Crippen LogP contribution in [0.15, 0.2) is 18.2 Å².